The maximum atomic E-state index is 3.69. The van der Waals surface area contributed by atoms with E-state index in [1.807, 2.05) is 6.08 Å². The summed E-state index contributed by atoms with van der Waals surface area (Å²) in [5.74, 6) is 0.955. The van der Waals surface area contributed by atoms with Crippen LogP contribution < -0.4 is 0 Å². The minimum Gasteiger partial charge on any atom is -0.0991 e. The predicted octanol–water partition coefficient (Wildman–Crippen LogP) is 4.48. The van der Waals surface area contributed by atoms with Gasteiger partial charge in [0.15, 0.2) is 0 Å². The summed E-state index contributed by atoms with van der Waals surface area (Å²) in [7, 11) is 0. The van der Waals surface area contributed by atoms with Crippen LogP contribution >= 0.6 is 0 Å². The molecule has 1 fully saturated rings. The molecule has 0 aromatic carbocycles. The van der Waals surface area contributed by atoms with Gasteiger partial charge in [-0.25, -0.2) is 0 Å². The summed E-state index contributed by atoms with van der Waals surface area (Å²) in [6, 6.07) is 0. The Kier molecular flexibility index (Phi) is 5.64. The van der Waals surface area contributed by atoms with Crippen LogP contribution in [-0.2, 0) is 0 Å². The van der Waals surface area contributed by atoms with Crippen molar-refractivity contribution in [2.45, 2.75) is 51.4 Å². The Hall–Kier alpha value is -0.520. The fourth-order valence-corrected chi connectivity index (χ4v) is 2.14. The van der Waals surface area contributed by atoms with Crippen LogP contribution in [0.25, 0.3) is 0 Å². The number of rotatable bonds is 3. The standard InChI is InChI=1S/C13H22/c1-2-3-7-10-13-11-8-5-4-6-9-12-13/h2-3,7,13H,1,4-6,8-12H2. The largest absolute Gasteiger partial charge is 0.0991 e. The molecule has 1 saturated carbocycles. The van der Waals surface area contributed by atoms with Crippen LogP contribution in [-0.4, -0.2) is 0 Å². The smallest absolute Gasteiger partial charge is 0.0319 e. The van der Waals surface area contributed by atoms with Crippen molar-refractivity contribution in [1.29, 1.82) is 0 Å². The van der Waals surface area contributed by atoms with Crippen molar-refractivity contribution < 1.29 is 0 Å². The van der Waals surface area contributed by atoms with E-state index in [-0.39, 0.29) is 0 Å². The first-order chi connectivity index (χ1) is 6.43. The van der Waals surface area contributed by atoms with Crippen LogP contribution in [0.5, 0.6) is 0 Å². The molecule has 0 saturated heterocycles. The van der Waals surface area contributed by atoms with E-state index in [1.165, 1.54) is 51.4 Å². The highest BCUT2D eigenvalue weighted by atomic mass is 14.1. The zero-order valence-electron chi connectivity index (χ0n) is 8.67. The molecule has 0 aliphatic heterocycles. The van der Waals surface area contributed by atoms with E-state index in [0.717, 1.165) is 5.92 Å². The van der Waals surface area contributed by atoms with Gasteiger partial charge in [-0.1, -0.05) is 69.8 Å². The average molecular weight is 178 g/mol. The molecule has 0 heterocycles. The molecule has 0 radical (unpaired) electrons. The molecule has 0 heteroatoms. The molecule has 0 unspecified atom stereocenters. The first-order valence-electron chi connectivity index (χ1n) is 5.71. The molecule has 13 heavy (non-hydrogen) atoms. The molecule has 0 spiro atoms. The van der Waals surface area contributed by atoms with Crippen molar-refractivity contribution in [2.75, 3.05) is 0 Å². The van der Waals surface area contributed by atoms with Crippen LogP contribution in [0.1, 0.15) is 51.4 Å². The molecule has 1 rings (SSSR count). The van der Waals surface area contributed by atoms with E-state index in [2.05, 4.69) is 18.7 Å². The SMILES string of the molecule is C=CC=CCC1CCCCCCC1. The maximum Gasteiger partial charge on any atom is -0.0319 e. The van der Waals surface area contributed by atoms with Gasteiger partial charge in [-0.15, -0.1) is 0 Å². The van der Waals surface area contributed by atoms with Gasteiger partial charge in [-0.05, 0) is 12.3 Å². The summed E-state index contributed by atoms with van der Waals surface area (Å²) >= 11 is 0. The van der Waals surface area contributed by atoms with Gasteiger partial charge < -0.3 is 0 Å². The van der Waals surface area contributed by atoms with Crippen molar-refractivity contribution in [2.24, 2.45) is 5.92 Å². The fraction of sp³-hybridized carbons (Fsp3) is 0.692. The fourth-order valence-electron chi connectivity index (χ4n) is 2.14. The molecule has 1 aliphatic rings. The highest BCUT2D eigenvalue weighted by Gasteiger charge is 2.08. The van der Waals surface area contributed by atoms with Crippen molar-refractivity contribution in [3.05, 3.63) is 24.8 Å². The molecule has 1 aliphatic carbocycles. The topological polar surface area (TPSA) is 0 Å². The highest BCUT2D eigenvalue weighted by molar-refractivity contribution is 4.97. The normalized spacial score (nSPS) is 21.2. The Bertz CT molecular complexity index is 147. The van der Waals surface area contributed by atoms with Gasteiger partial charge in [0.1, 0.15) is 0 Å². The van der Waals surface area contributed by atoms with Crippen molar-refractivity contribution in [3.63, 3.8) is 0 Å². The van der Waals surface area contributed by atoms with Crippen molar-refractivity contribution >= 4 is 0 Å². The lowest BCUT2D eigenvalue weighted by molar-refractivity contribution is 0.381. The summed E-state index contributed by atoms with van der Waals surface area (Å²) < 4.78 is 0. The third kappa shape index (κ3) is 4.92. The van der Waals surface area contributed by atoms with Gasteiger partial charge in [-0.2, -0.15) is 0 Å². The lowest BCUT2D eigenvalue weighted by atomic mass is 9.89. The monoisotopic (exact) mass is 178 g/mol. The number of hydrogen-bond acceptors (Lipinski definition) is 0. The lowest BCUT2D eigenvalue weighted by Crippen LogP contribution is -2.02. The second-order valence-electron chi connectivity index (χ2n) is 4.11. The molecule has 0 aromatic heterocycles. The zero-order valence-corrected chi connectivity index (χ0v) is 8.67. The maximum absolute atomic E-state index is 3.69. The molecule has 0 aromatic rings. The van der Waals surface area contributed by atoms with Gasteiger partial charge in [0.05, 0.1) is 0 Å². The van der Waals surface area contributed by atoms with Gasteiger partial charge in [0.2, 0.25) is 0 Å². The second-order valence-corrected chi connectivity index (χ2v) is 4.11. The molecule has 0 bridgehead atoms. The van der Waals surface area contributed by atoms with Gasteiger partial charge >= 0.3 is 0 Å². The van der Waals surface area contributed by atoms with E-state index in [9.17, 15) is 0 Å². The minimum absolute atomic E-state index is 0.955. The Balaban J connectivity index is 2.20. The van der Waals surface area contributed by atoms with E-state index < -0.39 is 0 Å². The van der Waals surface area contributed by atoms with Crippen molar-refractivity contribution in [1.82, 2.24) is 0 Å². The molecule has 0 nitrogen and oxygen atoms in total. The van der Waals surface area contributed by atoms with Crippen LogP contribution in [0, 0.1) is 5.92 Å². The van der Waals surface area contributed by atoms with E-state index >= 15 is 0 Å². The third-order valence-corrected chi connectivity index (χ3v) is 2.97. The number of hydrogen-bond donors (Lipinski definition) is 0. The van der Waals surface area contributed by atoms with E-state index in [0.29, 0.717) is 0 Å². The second kappa shape index (κ2) is 6.94. The number of allylic oxidation sites excluding steroid dienone is 3. The summed E-state index contributed by atoms with van der Waals surface area (Å²) in [4.78, 5) is 0. The Labute approximate surface area is 82.7 Å². The zero-order chi connectivity index (χ0) is 9.36. The van der Waals surface area contributed by atoms with Gasteiger partial charge in [0.25, 0.3) is 0 Å². The molecule has 0 amide bonds. The average Bonchev–Trinajstić information content (AvgIpc) is 2.08. The van der Waals surface area contributed by atoms with Gasteiger partial charge in [-0.3, -0.25) is 0 Å². The van der Waals surface area contributed by atoms with Crippen LogP contribution in [0.15, 0.2) is 24.8 Å². The summed E-state index contributed by atoms with van der Waals surface area (Å²) in [5, 5.41) is 0. The van der Waals surface area contributed by atoms with Crippen LogP contribution in [0.2, 0.25) is 0 Å². The first kappa shape index (κ1) is 10.6. The van der Waals surface area contributed by atoms with E-state index in [1.54, 1.807) is 0 Å². The van der Waals surface area contributed by atoms with E-state index in [4.69, 9.17) is 0 Å². The first-order valence-corrected chi connectivity index (χ1v) is 5.71. The minimum atomic E-state index is 0.955. The molecule has 74 valence electrons. The predicted molar refractivity (Wildman–Crippen MR) is 59.8 cm³/mol. The Morgan fingerprint density at radius 2 is 1.62 bits per heavy atom. The quantitative estimate of drug-likeness (QED) is 0.559. The molecular weight excluding hydrogens is 156 g/mol. The Morgan fingerprint density at radius 1 is 1.00 bits per heavy atom. The molecule has 0 N–H and O–H groups in total. The summed E-state index contributed by atoms with van der Waals surface area (Å²) in [6.07, 6.45) is 17.7. The van der Waals surface area contributed by atoms with Crippen molar-refractivity contribution in [3.8, 4) is 0 Å². The molecule has 0 atom stereocenters. The van der Waals surface area contributed by atoms with Gasteiger partial charge in [0, 0.05) is 0 Å². The Morgan fingerprint density at radius 3 is 2.23 bits per heavy atom. The van der Waals surface area contributed by atoms with Crippen LogP contribution in [0.4, 0.5) is 0 Å². The lowest BCUT2D eigenvalue weighted by Gasteiger charge is -2.17. The summed E-state index contributed by atoms with van der Waals surface area (Å²) in [5.41, 5.74) is 0. The highest BCUT2D eigenvalue weighted by Crippen LogP contribution is 2.24. The third-order valence-electron chi connectivity index (χ3n) is 2.97. The summed E-state index contributed by atoms with van der Waals surface area (Å²) in [6.45, 7) is 3.69. The molecular formula is C13H22. The van der Waals surface area contributed by atoms with Crippen LogP contribution in [0.3, 0.4) is 0 Å².